The Kier molecular flexibility index (Phi) is 5.62. The minimum atomic E-state index is -1.14. The van der Waals surface area contributed by atoms with Crippen LogP contribution in [0.4, 0.5) is 10.5 Å². The van der Waals surface area contributed by atoms with Gasteiger partial charge in [0.25, 0.3) is 0 Å². The lowest BCUT2D eigenvalue weighted by molar-refractivity contribution is -0.139. The first kappa shape index (κ1) is 20.5. The minimum absolute atomic E-state index is 0.00315. The summed E-state index contributed by atoms with van der Waals surface area (Å²) in [6.07, 6.45) is 2.63. The van der Waals surface area contributed by atoms with Gasteiger partial charge in [0.15, 0.2) is 0 Å². The van der Waals surface area contributed by atoms with E-state index in [9.17, 15) is 19.5 Å². The van der Waals surface area contributed by atoms with E-state index in [-0.39, 0.29) is 24.9 Å². The molecule has 160 valence electrons. The lowest BCUT2D eigenvalue weighted by Gasteiger charge is -2.23. The SMILES string of the molecule is C[C@H]1Cc2ccccc2N1C(=O)CNC(=O)N[C@@H](Cc1c[nH]c2ccccc12)C(=O)O. The number of carbonyl (C=O) groups excluding carboxylic acids is 2. The number of carboxylic acid groups (broad SMARTS) is 1. The standard InChI is InChI=1S/C23H24N4O4/c1-14-10-15-6-2-5-9-20(15)27(14)21(28)13-25-23(31)26-19(22(29)30)11-16-12-24-18-8-4-3-7-17(16)18/h2-9,12,14,19,24H,10-11,13H2,1H3,(H,29,30)(H2,25,26,31)/t14-,19-/m0/s1. The summed E-state index contributed by atoms with van der Waals surface area (Å²) in [6, 6.07) is 13.4. The van der Waals surface area contributed by atoms with E-state index < -0.39 is 18.0 Å². The van der Waals surface area contributed by atoms with Crippen LogP contribution in [0.15, 0.2) is 54.7 Å². The smallest absolute Gasteiger partial charge is 0.326 e. The number of benzene rings is 2. The average Bonchev–Trinajstić information content (AvgIpc) is 3.31. The van der Waals surface area contributed by atoms with Gasteiger partial charge in [-0.1, -0.05) is 36.4 Å². The monoisotopic (exact) mass is 420 g/mol. The highest BCUT2D eigenvalue weighted by Crippen LogP contribution is 2.31. The average molecular weight is 420 g/mol. The van der Waals surface area contributed by atoms with Crippen LogP contribution < -0.4 is 15.5 Å². The Morgan fingerprint density at radius 2 is 1.90 bits per heavy atom. The summed E-state index contributed by atoms with van der Waals surface area (Å²) >= 11 is 0. The fraction of sp³-hybridized carbons (Fsp3) is 0.261. The van der Waals surface area contributed by atoms with Crippen LogP contribution in [-0.4, -0.2) is 46.6 Å². The van der Waals surface area contributed by atoms with Gasteiger partial charge in [0.2, 0.25) is 5.91 Å². The van der Waals surface area contributed by atoms with Crippen molar-refractivity contribution in [3.05, 3.63) is 65.9 Å². The predicted molar refractivity (Wildman–Crippen MR) is 117 cm³/mol. The van der Waals surface area contributed by atoms with Gasteiger partial charge in [-0.15, -0.1) is 0 Å². The van der Waals surface area contributed by atoms with E-state index in [4.69, 9.17) is 0 Å². The molecule has 4 rings (SSSR count). The van der Waals surface area contributed by atoms with Gasteiger partial charge < -0.3 is 25.6 Å². The normalized spacial score (nSPS) is 16.0. The van der Waals surface area contributed by atoms with Crippen LogP contribution in [0.5, 0.6) is 0 Å². The molecule has 1 aromatic heterocycles. The number of carboxylic acids is 1. The molecule has 0 aliphatic carbocycles. The molecular weight excluding hydrogens is 396 g/mol. The van der Waals surface area contributed by atoms with Crippen molar-refractivity contribution in [1.29, 1.82) is 0 Å². The molecule has 0 bridgehead atoms. The number of fused-ring (bicyclic) bond motifs is 2. The lowest BCUT2D eigenvalue weighted by Crippen LogP contribution is -2.50. The van der Waals surface area contributed by atoms with Crippen LogP contribution in [0.1, 0.15) is 18.1 Å². The molecule has 31 heavy (non-hydrogen) atoms. The zero-order chi connectivity index (χ0) is 22.0. The quantitative estimate of drug-likeness (QED) is 0.490. The summed E-state index contributed by atoms with van der Waals surface area (Å²) in [5.74, 6) is -1.38. The number of nitrogens with zero attached hydrogens (tertiary/aromatic N) is 1. The molecule has 0 spiro atoms. The van der Waals surface area contributed by atoms with Gasteiger partial charge in [0, 0.05) is 35.2 Å². The summed E-state index contributed by atoms with van der Waals surface area (Å²) in [4.78, 5) is 41.5. The van der Waals surface area contributed by atoms with E-state index in [1.807, 2.05) is 55.5 Å². The van der Waals surface area contributed by atoms with Gasteiger partial charge >= 0.3 is 12.0 Å². The number of hydrogen-bond donors (Lipinski definition) is 4. The number of hydrogen-bond acceptors (Lipinski definition) is 3. The van der Waals surface area contributed by atoms with Crippen molar-refractivity contribution in [3.63, 3.8) is 0 Å². The maximum atomic E-state index is 12.7. The molecule has 0 fully saturated rings. The van der Waals surface area contributed by atoms with Crippen LogP contribution in [0, 0.1) is 0 Å². The van der Waals surface area contributed by atoms with Crippen LogP contribution >= 0.6 is 0 Å². The topological polar surface area (TPSA) is 115 Å². The molecule has 0 unspecified atom stereocenters. The second-order valence-electron chi connectivity index (χ2n) is 7.73. The van der Waals surface area contributed by atoms with Crippen molar-refractivity contribution in [2.75, 3.05) is 11.4 Å². The Balaban J connectivity index is 1.37. The summed E-state index contributed by atoms with van der Waals surface area (Å²) in [7, 11) is 0. The van der Waals surface area contributed by atoms with Gasteiger partial charge in [-0.2, -0.15) is 0 Å². The minimum Gasteiger partial charge on any atom is -0.480 e. The van der Waals surface area contributed by atoms with Gasteiger partial charge in [-0.25, -0.2) is 9.59 Å². The van der Waals surface area contributed by atoms with Crippen molar-refractivity contribution >= 4 is 34.5 Å². The van der Waals surface area contributed by atoms with Crippen molar-refractivity contribution in [3.8, 4) is 0 Å². The third-order valence-corrected chi connectivity index (χ3v) is 5.58. The van der Waals surface area contributed by atoms with Crippen molar-refractivity contribution in [1.82, 2.24) is 15.6 Å². The largest absolute Gasteiger partial charge is 0.480 e. The number of amides is 3. The van der Waals surface area contributed by atoms with Crippen molar-refractivity contribution in [2.24, 2.45) is 0 Å². The maximum Gasteiger partial charge on any atom is 0.326 e. The second kappa shape index (κ2) is 8.51. The van der Waals surface area contributed by atoms with E-state index in [0.717, 1.165) is 34.1 Å². The second-order valence-corrected chi connectivity index (χ2v) is 7.73. The lowest BCUT2D eigenvalue weighted by atomic mass is 10.1. The fourth-order valence-corrected chi connectivity index (χ4v) is 4.12. The predicted octanol–water partition coefficient (Wildman–Crippen LogP) is 2.44. The highest BCUT2D eigenvalue weighted by atomic mass is 16.4. The number of aromatic amines is 1. The summed E-state index contributed by atoms with van der Waals surface area (Å²) in [5.41, 5.74) is 3.64. The first-order valence-corrected chi connectivity index (χ1v) is 10.2. The van der Waals surface area contributed by atoms with Gasteiger partial charge in [-0.3, -0.25) is 4.79 Å². The molecule has 3 aromatic rings. The molecular formula is C23H24N4O4. The van der Waals surface area contributed by atoms with Gasteiger partial charge in [0.05, 0.1) is 6.54 Å². The van der Waals surface area contributed by atoms with E-state index in [1.54, 1.807) is 11.1 Å². The van der Waals surface area contributed by atoms with E-state index >= 15 is 0 Å². The van der Waals surface area contributed by atoms with Crippen LogP contribution in [0.25, 0.3) is 10.9 Å². The summed E-state index contributed by atoms with van der Waals surface area (Å²) in [5, 5.41) is 15.4. The van der Waals surface area contributed by atoms with Crippen LogP contribution in [0.3, 0.4) is 0 Å². The molecule has 8 nitrogen and oxygen atoms in total. The third kappa shape index (κ3) is 4.23. The first-order chi connectivity index (χ1) is 14.9. The number of rotatable bonds is 6. The summed E-state index contributed by atoms with van der Waals surface area (Å²) < 4.78 is 0. The zero-order valence-electron chi connectivity index (χ0n) is 17.1. The Morgan fingerprint density at radius 3 is 2.71 bits per heavy atom. The Morgan fingerprint density at radius 1 is 1.16 bits per heavy atom. The number of urea groups is 1. The number of aromatic nitrogens is 1. The fourth-order valence-electron chi connectivity index (χ4n) is 4.12. The molecule has 1 aliphatic rings. The highest BCUT2D eigenvalue weighted by Gasteiger charge is 2.30. The molecule has 3 amide bonds. The van der Waals surface area contributed by atoms with Crippen LogP contribution in [-0.2, 0) is 22.4 Å². The number of carbonyl (C=O) groups is 3. The first-order valence-electron chi connectivity index (χ1n) is 10.2. The van der Waals surface area contributed by atoms with Gasteiger partial charge in [0.1, 0.15) is 6.04 Å². The molecule has 2 aromatic carbocycles. The van der Waals surface area contributed by atoms with Crippen molar-refractivity contribution < 1.29 is 19.5 Å². The van der Waals surface area contributed by atoms with E-state index in [1.165, 1.54) is 0 Å². The Labute approximate surface area is 179 Å². The molecule has 0 radical (unpaired) electrons. The third-order valence-electron chi connectivity index (χ3n) is 5.58. The Hall–Kier alpha value is -3.81. The summed E-state index contributed by atoms with van der Waals surface area (Å²) in [6.45, 7) is 1.74. The number of anilines is 1. The number of nitrogens with one attached hydrogen (secondary N) is 3. The molecule has 0 saturated carbocycles. The molecule has 2 heterocycles. The van der Waals surface area contributed by atoms with E-state index in [2.05, 4.69) is 15.6 Å². The van der Waals surface area contributed by atoms with Gasteiger partial charge in [-0.05, 0) is 36.6 Å². The molecule has 2 atom stereocenters. The number of H-pyrrole nitrogens is 1. The Bertz CT molecular complexity index is 1140. The van der Waals surface area contributed by atoms with Crippen molar-refractivity contribution in [2.45, 2.75) is 31.8 Å². The molecule has 4 N–H and O–H groups in total. The molecule has 1 aliphatic heterocycles. The number of aliphatic carboxylic acids is 1. The number of para-hydroxylation sites is 2. The van der Waals surface area contributed by atoms with E-state index in [0.29, 0.717) is 0 Å². The molecule has 8 heteroatoms. The highest BCUT2D eigenvalue weighted by molar-refractivity contribution is 5.99. The molecule has 0 saturated heterocycles. The maximum absolute atomic E-state index is 12.7. The zero-order valence-corrected chi connectivity index (χ0v) is 17.1. The van der Waals surface area contributed by atoms with Crippen LogP contribution in [0.2, 0.25) is 0 Å².